The molecule has 2 N–H and O–H groups in total. The van der Waals surface area contributed by atoms with Crippen molar-refractivity contribution in [1.29, 1.82) is 0 Å². The number of rotatable bonds is 3. The van der Waals surface area contributed by atoms with Crippen molar-refractivity contribution in [2.75, 3.05) is 0 Å². The van der Waals surface area contributed by atoms with Crippen LogP contribution >= 0.6 is 23.2 Å². The number of carbonyl (C=O) groups is 1. The lowest BCUT2D eigenvalue weighted by Crippen LogP contribution is -2.17. The summed E-state index contributed by atoms with van der Waals surface area (Å²) in [6.07, 6.45) is 1.37. The van der Waals surface area contributed by atoms with Crippen LogP contribution in [0, 0.1) is 0 Å². The van der Waals surface area contributed by atoms with Crippen LogP contribution in [0.15, 0.2) is 47.6 Å². The second-order valence-corrected chi connectivity index (χ2v) is 4.70. The third-order valence-electron chi connectivity index (χ3n) is 2.47. The second kappa shape index (κ2) is 6.41. The molecular weight excluding hydrogens is 299 g/mol. The van der Waals surface area contributed by atoms with Gasteiger partial charge in [0, 0.05) is 11.1 Å². The molecule has 20 heavy (non-hydrogen) atoms. The molecule has 2 aromatic carbocycles. The van der Waals surface area contributed by atoms with Gasteiger partial charge in [0.05, 0.1) is 16.3 Å². The van der Waals surface area contributed by atoms with Crippen LogP contribution in [0.4, 0.5) is 0 Å². The number of phenols is 1. The summed E-state index contributed by atoms with van der Waals surface area (Å²) in [5.74, 6) is -0.434. The van der Waals surface area contributed by atoms with E-state index >= 15 is 0 Å². The molecule has 2 rings (SSSR count). The Morgan fingerprint density at radius 1 is 1.15 bits per heavy atom. The summed E-state index contributed by atoms with van der Waals surface area (Å²) in [5, 5.41) is 14.0. The van der Waals surface area contributed by atoms with Crippen LogP contribution in [0.5, 0.6) is 5.75 Å². The lowest BCUT2D eigenvalue weighted by Gasteiger charge is -2.02. The number of halogens is 2. The third-order valence-corrected chi connectivity index (χ3v) is 3.13. The lowest BCUT2D eigenvalue weighted by atomic mass is 10.2. The summed E-state index contributed by atoms with van der Waals surface area (Å²) in [5.41, 5.74) is 3.15. The van der Waals surface area contributed by atoms with Crippen LogP contribution in [-0.4, -0.2) is 17.2 Å². The molecule has 0 atom stereocenters. The number of carbonyl (C=O) groups excluding carboxylic acids is 1. The van der Waals surface area contributed by atoms with Gasteiger partial charge < -0.3 is 5.11 Å². The molecule has 0 saturated carbocycles. The number of phenolic OH excluding ortho intramolecular Hbond substituents is 1. The molecule has 6 heteroatoms. The summed E-state index contributed by atoms with van der Waals surface area (Å²) < 4.78 is 0. The molecule has 0 aromatic heterocycles. The van der Waals surface area contributed by atoms with E-state index in [2.05, 4.69) is 10.5 Å². The molecule has 0 unspecified atom stereocenters. The van der Waals surface area contributed by atoms with E-state index in [4.69, 9.17) is 23.2 Å². The van der Waals surface area contributed by atoms with E-state index in [1.54, 1.807) is 30.3 Å². The summed E-state index contributed by atoms with van der Waals surface area (Å²) in [6, 6.07) is 11.0. The Bertz CT molecular complexity index is 652. The molecule has 2 aromatic rings. The summed E-state index contributed by atoms with van der Waals surface area (Å²) >= 11 is 11.9. The molecule has 0 fully saturated rings. The number of aromatic hydroxyl groups is 1. The largest absolute Gasteiger partial charge is 0.508 e. The molecule has 1 amide bonds. The minimum Gasteiger partial charge on any atom is -0.508 e. The Labute approximate surface area is 125 Å². The van der Waals surface area contributed by atoms with Gasteiger partial charge in [-0.25, -0.2) is 5.43 Å². The fraction of sp³-hybridized carbons (Fsp3) is 0. The van der Waals surface area contributed by atoms with Gasteiger partial charge >= 0.3 is 0 Å². The average Bonchev–Trinajstić information content (AvgIpc) is 2.42. The van der Waals surface area contributed by atoms with Gasteiger partial charge in [0.2, 0.25) is 0 Å². The van der Waals surface area contributed by atoms with Gasteiger partial charge in [-0.1, -0.05) is 35.3 Å². The summed E-state index contributed by atoms with van der Waals surface area (Å²) in [4.78, 5) is 11.8. The Morgan fingerprint density at radius 2 is 1.80 bits per heavy atom. The zero-order valence-electron chi connectivity index (χ0n) is 10.2. The molecule has 0 heterocycles. The fourth-order valence-electron chi connectivity index (χ4n) is 1.50. The van der Waals surface area contributed by atoms with Crippen molar-refractivity contribution in [3.05, 3.63) is 63.6 Å². The van der Waals surface area contributed by atoms with Crippen molar-refractivity contribution in [3.8, 4) is 5.75 Å². The smallest absolute Gasteiger partial charge is 0.271 e. The van der Waals surface area contributed by atoms with Crippen molar-refractivity contribution in [2.45, 2.75) is 0 Å². The van der Waals surface area contributed by atoms with Crippen molar-refractivity contribution >= 4 is 35.3 Å². The van der Waals surface area contributed by atoms with E-state index in [1.807, 2.05) is 0 Å². The minimum absolute atomic E-state index is 0.00998. The Hall–Kier alpha value is -2.04. The molecule has 102 valence electrons. The number of nitrogens with one attached hydrogen (secondary N) is 1. The predicted octanol–water partition coefficient (Wildman–Crippen LogP) is 3.46. The summed E-state index contributed by atoms with van der Waals surface area (Å²) in [6.45, 7) is 0. The molecular formula is C14H10Cl2N2O2. The van der Waals surface area contributed by atoms with Crippen LogP contribution in [0.3, 0.4) is 0 Å². The molecule has 0 aliphatic heterocycles. The van der Waals surface area contributed by atoms with Gasteiger partial charge in [-0.05, 0) is 30.3 Å². The van der Waals surface area contributed by atoms with Crippen LogP contribution in [0.2, 0.25) is 10.0 Å². The Morgan fingerprint density at radius 3 is 2.45 bits per heavy atom. The maximum absolute atomic E-state index is 11.8. The molecule has 0 bridgehead atoms. The Kier molecular flexibility index (Phi) is 4.61. The first kappa shape index (κ1) is 14.4. The fourth-order valence-corrected chi connectivity index (χ4v) is 2.00. The van der Waals surface area contributed by atoms with Crippen molar-refractivity contribution in [2.24, 2.45) is 5.10 Å². The van der Waals surface area contributed by atoms with Gasteiger partial charge in [0.25, 0.3) is 5.91 Å². The number of hydrazone groups is 1. The second-order valence-electron chi connectivity index (χ2n) is 3.88. The standard InChI is InChI=1S/C14H10Cl2N2O2/c15-12-5-2-6-13(16)11(12)8-17-18-14(20)9-3-1-4-10(19)7-9/h1-8,19H,(H,18,20)/b17-8-. The van der Waals surface area contributed by atoms with Crippen LogP contribution < -0.4 is 5.43 Å². The van der Waals surface area contributed by atoms with Gasteiger partial charge in [0.1, 0.15) is 5.75 Å². The molecule has 4 nitrogen and oxygen atoms in total. The topological polar surface area (TPSA) is 61.7 Å². The van der Waals surface area contributed by atoms with E-state index in [9.17, 15) is 9.90 Å². The van der Waals surface area contributed by atoms with Crippen LogP contribution in [0.25, 0.3) is 0 Å². The van der Waals surface area contributed by atoms with E-state index in [0.717, 1.165) is 0 Å². The number of hydrogen-bond donors (Lipinski definition) is 2. The van der Waals surface area contributed by atoms with Crippen molar-refractivity contribution in [1.82, 2.24) is 5.43 Å². The normalized spacial score (nSPS) is 10.7. The van der Waals surface area contributed by atoms with Gasteiger partial charge in [-0.15, -0.1) is 0 Å². The van der Waals surface area contributed by atoms with Crippen molar-refractivity contribution in [3.63, 3.8) is 0 Å². The van der Waals surface area contributed by atoms with Crippen LogP contribution in [-0.2, 0) is 0 Å². The molecule has 0 spiro atoms. The highest BCUT2D eigenvalue weighted by Gasteiger charge is 2.05. The van der Waals surface area contributed by atoms with Crippen molar-refractivity contribution < 1.29 is 9.90 Å². The monoisotopic (exact) mass is 308 g/mol. The van der Waals surface area contributed by atoms with Gasteiger partial charge in [-0.3, -0.25) is 4.79 Å². The van der Waals surface area contributed by atoms with E-state index in [1.165, 1.54) is 18.3 Å². The maximum atomic E-state index is 11.8. The maximum Gasteiger partial charge on any atom is 0.271 e. The van der Waals surface area contributed by atoms with E-state index < -0.39 is 5.91 Å². The third kappa shape index (κ3) is 3.50. The van der Waals surface area contributed by atoms with Gasteiger partial charge in [0.15, 0.2) is 0 Å². The average molecular weight is 309 g/mol. The lowest BCUT2D eigenvalue weighted by molar-refractivity contribution is 0.0954. The van der Waals surface area contributed by atoms with Gasteiger partial charge in [-0.2, -0.15) is 5.10 Å². The zero-order valence-corrected chi connectivity index (χ0v) is 11.7. The Balaban J connectivity index is 2.09. The first-order chi connectivity index (χ1) is 9.58. The van der Waals surface area contributed by atoms with Crippen LogP contribution in [0.1, 0.15) is 15.9 Å². The highest BCUT2D eigenvalue weighted by Crippen LogP contribution is 2.22. The molecule has 0 saturated heterocycles. The first-order valence-corrected chi connectivity index (χ1v) is 6.40. The number of hydrogen-bond acceptors (Lipinski definition) is 3. The minimum atomic E-state index is -0.444. The predicted molar refractivity (Wildman–Crippen MR) is 79.6 cm³/mol. The summed E-state index contributed by atoms with van der Waals surface area (Å²) in [7, 11) is 0. The molecule has 0 aliphatic rings. The quantitative estimate of drug-likeness (QED) is 0.674. The number of benzene rings is 2. The zero-order chi connectivity index (χ0) is 14.5. The number of amides is 1. The van der Waals surface area contributed by atoms with E-state index in [-0.39, 0.29) is 5.75 Å². The first-order valence-electron chi connectivity index (χ1n) is 5.64. The molecule has 0 aliphatic carbocycles. The highest BCUT2D eigenvalue weighted by molar-refractivity contribution is 6.38. The highest BCUT2D eigenvalue weighted by atomic mass is 35.5. The molecule has 0 radical (unpaired) electrons. The van der Waals surface area contributed by atoms with E-state index in [0.29, 0.717) is 21.2 Å². The SMILES string of the molecule is O=C(N/N=C\c1c(Cl)cccc1Cl)c1cccc(O)c1. The number of nitrogens with zero attached hydrogens (tertiary/aromatic N) is 1.